The van der Waals surface area contributed by atoms with Crippen LogP contribution >= 0.6 is 0 Å². The number of benzene rings is 2. The number of hydrogen-bond acceptors (Lipinski definition) is 5. The number of non-ortho nitro benzene ring substituents is 1. The average molecular weight is 366 g/mol. The molecule has 1 amide bonds. The van der Waals surface area contributed by atoms with Crippen molar-refractivity contribution in [1.82, 2.24) is 0 Å². The highest BCUT2D eigenvalue weighted by Gasteiger charge is 2.13. The van der Waals surface area contributed by atoms with Crippen LogP contribution in [0.5, 0.6) is 5.75 Å². The van der Waals surface area contributed by atoms with Crippen molar-refractivity contribution in [3.8, 4) is 5.75 Å². The number of aryl methyl sites for hydroxylation is 2. The SMILES string of the molecule is Cc1ccc(OCc2ccc(C(=O)Nc3ccc([N+](=O)[O-])cc3)o2)cc1C. The number of nitro benzene ring substituents is 1. The van der Waals surface area contributed by atoms with Crippen molar-refractivity contribution >= 4 is 17.3 Å². The first kappa shape index (κ1) is 18.2. The Labute approximate surface area is 155 Å². The fraction of sp³-hybridized carbons (Fsp3) is 0.150. The van der Waals surface area contributed by atoms with E-state index >= 15 is 0 Å². The molecule has 1 aromatic heterocycles. The predicted molar refractivity (Wildman–Crippen MR) is 100 cm³/mol. The highest BCUT2D eigenvalue weighted by Crippen LogP contribution is 2.20. The van der Waals surface area contributed by atoms with Gasteiger partial charge in [0.25, 0.3) is 11.6 Å². The molecule has 0 saturated carbocycles. The number of anilines is 1. The monoisotopic (exact) mass is 366 g/mol. The minimum Gasteiger partial charge on any atom is -0.486 e. The molecule has 7 nitrogen and oxygen atoms in total. The molecule has 138 valence electrons. The molecule has 0 fully saturated rings. The number of amides is 1. The van der Waals surface area contributed by atoms with E-state index in [2.05, 4.69) is 5.32 Å². The number of nitro groups is 1. The van der Waals surface area contributed by atoms with E-state index < -0.39 is 10.8 Å². The number of rotatable bonds is 6. The summed E-state index contributed by atoms with van der Waals surface area (Å²) < 4.78 is 11.2. The molecule has 0 radical (unpaired) electrons. The summed E-state index contributed by atoms with van der Waals surface area (Å²) in [7, 11) is 0. The van der Waals surface area contributed by atoms with Crippen molar-refractivity contribution in [2.75, 3.05) is 5.32 Å². The Morgan fingerprint density at radius 2 is 1.81 bits per heavy atom. The minimum absolute atomic E-state index is 0.0447. The molecule has 0 saturated heterocycles. The molecular weight excluding hydrogens is 348 g/mol. The first-order valence-corrected chi connectivity index (χ1v) is 8.27. The van der Waals surface area contributed by atoms with E-state index in [0.717, 1.165) is 11.3 Å². The molecule has 0 aliphatic carbocycles. The van der Waals surface area contributed by atoms with Gasteiger partial charge in [-0.1, -0.05) is 6.07 Å². The first-order chi connectivity index (χ1) is 12.9. The second kappa shape index (κ2) is 7.74. The summed E-state index contributed by atoms with van der Waals surface area (Å²) in [6.45, 7) is 4.24. The summed E-state index contributed by atoms with van der Waals surface area (Å²) in [6.07, 6.45) is 0. The van der Waals surface area contributed by atoms with Crippen LogP contribution in [0.4, 0.5) is 11.4 Å². The molecule has 0 atom stereocenters. The zero-order valence-corrected chi connectivity index (χ0v) is 14.9. The third-order valence-corrected chi connectivity index (χ3v) is 4.08. The van der Waals surface area contributed by atoms with Crippen LogP contribution < -0.4 is 10.1 Å². The first-order valence-electron chi connectivity index (χ1n) is 8.27. The molecule has 3 aromatic rings. The van der Waals surface area contributed by atoms with E-state index in [-0.39, 0.29) is 18.1 Å². The quantitative estimate of drug-likeness (QED) is 0.507. The maximum Gasteiger partial charge on any atom is 0.291 e. The van der Waals surface area contributed by atoms with Gasteiger partial charge in [-0.2, -0.15) is 0 Å². The van der Waals surface area contributed by atoms with E-state index in [1.807, 2.05) is 32.0 Å². The highest BCUT2D eigenvalue weighted by molar-refractivity contribution is 6.02. The summed E-state index contributed by atoms with van der Waals surface area (Å²) in [4.78, 5) is 22.4. The van der Waals surface area contributed by atoms with Gasteiger partial charge in [0.15, 0.2) is 5.76 Å². The minimum atomic E-state index is -0.500. The summed E-state index contributed by atoms with van der Waals surface area (Å²) in [5.74, 6) is 0.932. The van der Waals surface area contributed by atoms with Gasteiger partial charge in [0, 0.05) is 17.8 Å². The zero-order valence-electron chi connectivity index (χ0n) is 14.9. The lowest BCUT2D eigenvalue weighted by Gasteiger charge is -2.07. The number of carbonyl (C=O) groups excluding carboxylic acids is 1. The molecule has 3 rings (SSSR count). The molecule has 0 spiro atoms. The summed E-state index contributed by atoms with van der Waals surface area (Å²) in [5, 5.41) is 13.3. The average Bonchev–Trinajstić information content (AvgIpc) is 3.12. The molecule has 1 heterocycles. The van der Waals surface area contributed by atoms with E-state index in [0.29, 0.717) is 11.4 Å². The lowest BCUT2D eigenvalue weighted by molar-refractivity contribution is -0.384. The largest absolute Gasteiger partial charge is 0.486 e. The zero-order chi connectivity index (χ0) is 19.4. The van der Waals surface area contributed by atoms with Crippen LogP contribution in [0.15, 0.2) is 59.0 Å². The third kappa shape index (κ3) is 4.52. The van der Waals surface area contributed by atoms with Gasteiger partial charge in [0.1, 0.15) is 18.1 Å². The lowest BCUT2D eigenvalue weighted by atomic mass is 10.1. The molecule has 0 aliphatic heterocycles. The maximum absolute atomic E-state index is 12.2. The predicted octanol–water partition coefficient (Wildman–Crippen LogP) is 4.64. The van der Waals surface area contributed by atoms with Crippen LogP contribution in [0.1, 0.15) is 27.4 Å². The normalized spacial score (nSPS) is 10.4. The lowest BCUT2D eigenvalue weighted by Crippen LogP contribution is -2.10. The van der Waals surface area contributed by atoms with Crippen molar-refractivity contribution in [1.29, 1.82) is 0 Å². The van der Waals surface area contributed by atoms with E-state index in [9.17, 15) is 14.9 Å². The van der Waals surface area contributed by atoms with Crippen molar-refractivity contribution in [2.24, 2.45) is 0 Å². The Morgan fingerprint density at radius 1 is 1.07 bits per heavy atom. The van der Waals surface area contributed by atoms with Gasteiger partial charge < -0.3 is 14.5 Å². The number of ether oxygens (including phenoxy) is 1. The Balaban J connectivity index is 1.59. The van der Waals surface area contributed by atoms with Gasteiger partial charge in [0.2, 0.25) is 0 Å². The van der Waals surface area contributed by atoms with Gasteiger partial charge in [0.05, 0.1) is 4.92 Å². The molecule has 27 heavy (non-hydrogen) atoms. The molecule has 2 aromatic carbocycles. The van der Waals surface area contributed by atoms with Crippen molar-refractivity contribution in [3.63, 3.8) is 0 Å². The number of carbonyl (C=O) groups is 1. The molecule has 1 N–H and O–H groups in total. The standard InChI is InChI=1S/C20H18N2O5/c1-13-3-8-17(11-14(13)2)26-12-18-9-10-19(27-18)20(23)21-15-4-6-16(7-5-15)22(24)25/h3-11H,12H2,1-2H3,(H,21,23). The van der Waals surface area contributed by atoms with Crippen LogP contribution in [0.3, 0.4) is 0 Å². The second-order valence-electron chi connectivity index (χ2n) is 6.06. The molecule has 0 aliphatic rings. The van der Waals surface area contributed by atoms with E-state index in [1.54, 1.807) is 12.1 Å². The van der Waals surface area contributed by atoms with Crippen LogP contribution in [0, 0.1) is 24.0 Å². The second-order valence-corrected chi connectivity index (χ2v) is 6.06. The third-order valence-electron chi connectivity index (χ3n) is 4.08. The van der Waals surface area contributed by atoms with E-state index in [1.165, 1.54) is 29.8 Å². The summed E-state index contributed by atoms with van der Waals surface area (Å²) >= 11 is 0. The van der Waals surface area contributed by atoms with Gasteiger partial charge >= 0.3 is 0 Å². The Morgan fingerprint density at radius 3 is 2.48 bits per heavy atom. The van der Waals surface area contributed by atoms with E-state index in [4.69, 9.17) is 9.15 Å². The molecule has 7 heteroatoms. The van der Waals surface area contributed by atoms with Crippen LogP contribution in [-0.2, 0) is 6.61 Å². The topological polar surface area (TPSA) is 94.6 Å². The number of nitrogens with one attached hydrogen (secondary N) is 1. The van der Waals surface area contributed by atoms with Crippen molar-refractivity contribution < 1.29 is 18.9 Å². The highest BCUT2D eigenvalue weighted by atomic mass is 16.6. The number of hydrogen-bond donors (Lipinski definition) is 1. The van der Waals surface area contributed by atoms with Crippen LogP contribution in [0.2, 0.25) is 0 Å². The molecular formula is C20H18N2O5. The van der Waals surface area contributed by atoms with Gasteiger partial charge in [-0.25, -0.2) is 0 Å². The fourth-order valence-corrected chi connectivity index (χ4v) is 2.39. The van der Waals surface area contributed by atoms with Gasteiger partial charge in [-0.15, -0.1) is 0 Å². The van der Waals surface area contributed by atoms with Crippen molar-refractivity contribution in [3.05, 3.63) is 87.4 Å². The summed E-state index contributed by atoms with van der Waals surface area (Å²) in [6, 6.07) is 14.6. The fourth-order valence-electron chi connectivity index (χ4n) is 2.39. The van der Waals surface area contributed by atoms with Crippen molar-refractivity contribution in [2.45, 2.75) is 20.5 Å². The van der Waals surface area contributed by atoms with Gasteiger partial charge in [-0.05, 0) is 61.4 Å². The Hall–Kier alpha value is -3.61. The Kier molecular flexibility index (Phi) is 5.21. The summed E-state index contributed by atoms with van der Waals surface area (Å²) in [5.41, 5.74) is 2.72. The number of nitrogens with zero attached hydrogens (tertiary/aromatic N) is 1. The molecule has 0 unspecified atom stereocenters. The smallest absolute Gasteiger partial charge is 0.291 e. The van der Waals surface area contributed by atoms with Crippen LogP contribution in [0.25, 0.3) is 0 Å². The molecule has 0 bridgehead atoms. The van der Waals surface area contributed by atoms with Crippen LogP contribution in [-0.4, -0.2) is 10.8 Å². The maximum atomic E-state index is 12.2. The van der Waals surface area contributed by atoms with Gasteiger partial charge in [-0.3, -0.25) is 14.9 Å². The number of furan rings is 1. The Bertz CT molecular complexity index is 976.